The molecule has 1 aromatic heterocycles. The van der Waals surface area contributed by atoms with Crippen LogP contribution in [-0.4, -0.2) is 53.6 Å². The second-order valence-corrected chi connectivity index (χ2v) is 6.91. The van der Waals surface area contributed by atoms with Crippen LogP contribution in [0.3, 0.4) is 0 Å². The first kappa shape index (κ1) is 16.5. The molecule has 1 aromatic rings. The van der Waals surface area contributed by atoms with E-state index in [4.69, 9.17) is 0 Å². The van der Waals surface area contributed by atoms with E-state index < -0.39 is 0 Å². The molecule has 0 radical (unpaired) electrons. The van der Waals surface area contributed by atoms with E-state index in [0.717, 1.165) is 50.2 Å². The molecule has 2 heterocycles. The predicted molar refractivity (Wildman–Crippen MR) is 96.2 cm³/mol. The number of nitrogens with one attached hydrogen (secondary N) is 1. The number of hydrogen-bond donors (Lipinski definition) is 1. The van der Waals surface area contributed by atoms with Crippen LogP contribution >= 0.6 is 0 Å². The number of rotatable bonds is 4. The number of nitrogens with zero attached hydrogens (tertiary/aromatic N) is 4. The van der Waals surface area contributed by atoms with Gasteiger partial charge in [-0.2, -0.15) is 0 Å². The lowest BCUT2D eigenvalue weighted by Crippen LogP contribution is -2.46. The minimum Gasteiger partial charge on any atom is -0.367 e. The third-order valence-corrected chi connectivity index (χ3v) is 5.18. The van der Waals surface area contributed by atoms with E-state index >= 15 is 0 Å². The molecular weight excluding hydrogens is 286 g/mol. The summed E-state index contributed by atoms with van der Waals surface area (Å²) in [5.41, 5.74) is 0. The molecule has 0 spiro atoms. The first-order valence-corrected chi connectivity index (χ1v) is 9.34. The summed E-state index contributed by atoms with van der Waals surface area (Å²) in [5.74, 6) is 2.97. The number of aryl methyl sites for hydroxylation is 1. The molecule has 5 heteroatoms. The van der Waals surface area contributed by atoms with Gasteiger partial charge in [0.2, 0.25) is 0 Å². The van der Waals surface area contributed by atoms with Crippen molar-refractivity contribution in [3.63, 3.8) is 0 Å². The van der Waals surface area contributed by atoms with Gasteiger partial charge in [0.1, 0.15) is 17.5 Å². The Balaban J connectivity index is 1.66. The number of hydrogen-bond acceptors (Lipinski definition) is 5. The minimum absolute atomic E-state index is 0.580. The van der Waals surface area contributed by atoms with Gasteiger partial charge < -0.3 is 15.1 Å². The average Bonchev–Trinajstić information content (AvgIpc) is 2.83. The molecule has 0 aromatic carbocycles. The average molecular weight is 317 g/mol. The summed E-state index contributed by atoms with van der Waals surface area (Å²) in [6, 6.07) is 2.73. The zero-order valence-corrected chi connectivity index (χ0v) is 14.7. The Hall–Kier alpha value is -1.36. The van der Waals surface area contributed by atoms with Gasteiger partial charge in [0.05, 0.1) is 0 Å². The molecule has 23 heavy (non-hydrogen) atoms. The molecule has 0 unspecified atom stereocenters. The second kappa shape index (κ2) is 7.95. The maximum absolute atomic E-state index is 4.68. The van der Waals surface area contributed by atoms with E-state index in [-0.39, 0.29) is 0 Å². The van der Waals surface area contributed by atoms with Crippen LogP contribution in [0.25, 0.3) is 0 Å². The molecule has 1 N–H and O–H groups in total. The lowest BCUT2D eigenvalue weighted by atomic mass is 10.1. The molecule has 3 rings (SSSR count). The summed E-state index contributed by atoms with van der Waals surface area (Å²) in [5, 5.41) is 3.67. The van der Waals surface area contributed by atoms with Gasteiger partial charge in [-0.1, -0.05) is 32.6 Å². The first-order chi connectivity index (χ1) is 11.2. The number of anilines is 2. The largest absolute Gasteiger partial charge is 0.367 e. The van der Waals surface area contributed by atoms with Crippen LogP contribution in [0, 0.1) is 6.92 Å². The number of piperazine rings is 1. The van der Waals surface area contributed by atoms with Crippen molar-refractivity contribution in [2.24, 2.45) is 0 Å². The third-order valence-electron chi connectivity index (χ3n) is 5.18. The summed E-state index contributed by atoms with van der Waals surface area (Å²) in [7, 11) is 0. The van der Waals surface area contributed by atoms with Crippen LogP contribution in [0.15, 0.2) is 6.07 Å². The highest BCUT2D eigenvalue weighted by molar-refractivity contribution is 5.50. The SMILES string of the molecule is CCN1CCN(c2cc(NC3CCCCCC3)nc(C)n2)CC1. The van der Waals surface area contributed by atoms with Crippen LogP contribution in [0.2, 0.25) is 0 Å². The van der Waals surface area contributed by atoms with E-state index in [1.165, 1.54) is 38.5 Å². The molecule has 5 nitrogen and oxygen atoms in total. The molecule has 128 valence electrons. The maximum atomic E-state index is 4.68. The van der Waals surface area contributed by atoms with Crippen LogP contribution in [0.4, 0.5) is 11.6 Å². The number of aromatic nitrogens is 2. The van der Waals surface area contributed by atoms with Gasteiger partial charge in [-0.05, 0) is 26.3 Å². The molecule has 1 saturated carbocycles. The second-order valence-electron chi connectivity index (χ2n) is 6.91. The van der Waals surface area contributed by atoms with Crippen LogP contribution < -0.4 is 10.2 Å². The Morgan fingerprint density at radius 3 is 2.39 bits per heavy atom. The summed E-state index contributed by atoms with van der Waals surface area (Å²) in [6.07, 6.45) is 7.99. The highest BCUT2D eigenvalue weighted by Gasteiger charge is 2.19. The Labute approximate surface area is 140 Å². The fraction of sp³-hybridized carbons (Fsp3) is 0.778. The molecule has 1 saturated heterocycles. The van der Waals surface area contributed by atoms with E-state index in [2.05, 4.69) is 38.1 Å². The zero-order valence-electron chi connectivity index (χ0n) is 14.7. The Morgan fingerprint density at radius 1 is 1.04 bits per heavy atom. The molecule has 0 amide bonds. The molecule has 2 fully saturated rings. The lowest BCUT2D eigenvalue weighted by molar-refractivity contribution is 0.270. The third kappa shape index (κ3) is 4.56. The Kier molecular flexibility index (Phi) is 5.70. The summed E-state index contributed by atoms with van der Waals surface area (Å²) >= 11 is 0. The van der Waals surface area contributed by atoms with Gasteiger partial charge in [0.25, 0.3) is 0 Å². The normalized spacial score (nSPS) is 21.2. The summed E-state index contributed by atoms with van der Waals surface area (Å²) in [4.78, 5) is 14.2. The maximum Gasteiger partial charge on any atom is 0.134 e. The van der Waals surface area contributed by atoms with Gasteiger partial charge in [-0.25, -0.2) is 9.97 Å². The summed E-state index contributed by atoms with van der Waals surface area (Å²) < 4.78 is 0. The van der Waals surface area contributed by atoms with Crippen molar-refractivity contribution in [3.05, 3.63) is 11.9 Å². The van der Waals surface area contributed by atoms with Gasteiger partial charge in [0.15, 0.2) is 0 Å². The van der Waals surface area contributed by atoms with Crippen molar-refractivity contribution in [3.8, 4) is 0 Å². The Bertz CT molecular complexity index is 488. The first-order valence-electron chi connectivity index (χ1n) is 9.34. The van der Waals surface area contributed by atoms with Crippen molar-refractivity contribution < 1.29 is 0 Å². The smallest absolute Gasteiger partial charge is 0.134 e. The molecule has 0 atom stereocenters. The summed E-state index contributed by atoms with van der Waals surface area (Å²) in [6.45, 7) is 9.77. The van der Waals surface area contributed by atoms with Crippen LogP contribution in [0.1, 0.15) is 51.3 Å². The van der Waals surface area contributed by atoms with Crippen molar-refractivity contribution in [2.45, 2.75) is 58.4 Å². The van der Waals surface area contributed by atoms with E-state index in [0.29, 0.717) is 6.04 Å². The molecule has 0 bridgehead atoms. The van der Waals surface area contributed by atoms with E-state index in [1.54, 1.807) is 0 Å². The molecule has 2 aliphatic rings. The van der Waals surface area contributed by atoms with Crippen LogP contribution in [-0.2, 0) is 0 Å². The molecule has 1 aliphatic heterocycles. The fourth-order valence-electron chi connectivity index (χ4n) is 3.71. The number of likely N-dealkylation sites (N-methyl/N-ethyl adjacent to an activating group) is 1. The molecular formula is C18H31N5. The quantitative estimate of drug-likeness (QED) is 0.865. The van der Waals surface area contributed by atoms with Gasteiger partial charge >= 0.3 is 0 Å². The van der Waals surface area contributed by atoms with Crippen molar-refractivity contribution in [1.29, 1.82) is 0 Å². The minimum atomic E-state index is 0.580. The fourth-order valence-corrected chi connectivity index (χ4v) is 3.71. The topological polar surface area (TPSA) is 44.3 Å². The Morgan fingerprint density at radius 2 is 1.74 bits per heavy atom. The highest BCUT2D eigenvalue weighted by Crippen LogP contribution is 2.23. The van der Waals surface area contributed by atoms with Crippen molar-refractivity contribution in [1.82, 2.24) is 14.9 Å². The molecule has 1 aliphatic carbocycles. The monoisotopic (exact) mass is 317 g/mol. The highest BCUT2D eigenvalue weighted by atomic mass is 15.3. The van der Waals surface area contributed by atoms with E-state index in [1.807, 2.05) is 6.92 Å². The predicted octanol–water partition coefficient (Wildman–Crippen LogP) is 3.06. The standard InChI is InChI=1S/C18H31N5/c1-3-22-10-12-23(13-11-22)18-14-17(19-15(2)20-18)21-16-8-6-4-5-7-9-16/h14,16H,3-13H2,1-2H3,(H,19,20,21). The van der Waals surface area contributed by atoms with Crippen molar-refractivity contribution >= 4 is 11.6 Å². The van der Waals surface area contributed by atoms with Gasteiger partial charge in [0, 0.05) is 38.3 Å². The van der Waals surface area contributed by atoms with Crippen LogP contribution in [0.5, 0.6) is 0 Å². The lowest BCUT2D eigenvalue weighted by Gasteiger charge is -2.35. The van der Waals surface area contributed by atoms with E-state index in [9.17, 15) is 0 Å². The zero-order chi connectivity index (χ0) is 16.1. The van der Waals surface area contributed by atoms with Gasteiger partial charge in [-0.15, -0.1) is 0 Å². The van der Waals surface area contributed by atoms with Gasteiger partial charge in [-0.3, -0.25) is 0 Å². The van der Waals surface area contributed by atoms with Crippen molar-refractivity contribution in [2.75, 3.05) is 42.9 Å².